The number of hydrogen-bond donors (Lipinski definition) is 3. The molecule has 8 heteroatoms. The molecule has 8 nitrogen and oxygen atoms in total. The van der Waals surface area contributed by atoms with Gasteiger partial charge in [0.2, 0.25) is 5.91 Å². The average Bonchev–Trinajstić information content (AvgIpc) is 3.24. The molecule has 0 aliphatic carbocycles. The zero-order valence-corrected chi connectivity index (χ0v) is 18.4. The summed E-state index contributed by atoms with van der Waals surface area (Å²) in [5, 5.41) is 9.84. The fraction of sp³-hybridized carbons (Fsp3) is 0.905. The first-order valence-corrected chi connectivity index (χ1v) is 11.4. The van der Waals surface area contributed by atoms with Crippen LogP contribution in [0.2, 0.25) is 0 Å². The van der Waals surface area contributed by atoms with E-state index in [2.05, 4.69) is 34.7 Å². The first-order chi connectivity index (χ1) is 14.2. The number of likely N-dealkylation sites (tertiary alicyclic amines) is 1. The highest BCUT2D eigenvalue weighted by Gasteiger charge is 2.21. The van der Waals surface area contributed by atoms with Crippen LogP contribution < -0.4 is 16.0 Å². The van der Waals surface area contributed by atoms with Crippen molar-refractivity contribution in [2.24, 2.45) is 10.9 Å². The Kier molecular flexibility index (Phi) is 12.0. The number of amides is 1. The Hall–Kier alpha value is -1.38. The highest BCUT2D eigenvalue weighted by atomic mass is 16.5. The van der Waals surface area contributed by atoms with Gasteiger partial charge in [-0.25, -0.2) is 0 Å². The number of guanidine groups is 1. The van der Waals surface area contributed by atoms with Crippen LogP contribution in [0.15, 0.2) is 4.99 Å². The quantitative estimate of drug-likeness (QED) is 0.252. The number of nitrogens with one attached hydrogen (secondary N) is 3. The normalized spacial score (nSPS) is 21.3. The molecule has 1 unspecified atom stereocenters. The SMILES string of the molecule is CCCNC(=O)CN1CCC(NC(=NCCCOCC2CCOC2)NCC)CC1. The van der Waals surface area contributed by atoms with Crippen LogP contribution in [0.5, 0.6) is 0 Å². The van der Waals surface area contributed by atoms with Crippen LogP contribution in [0.4, 0.5) is 0 Å². The molecule has 2 aliphatic rings. The van der Waals surface area contributed by atoms with Crippen molar-refractivity contribution in [2.45, 2.75) is 52.0 Å². The fourth-order valence-corrected chi connectivity index (χ4v) is 3.59. The molecule has 29 heavy (non-hydrogen) atoms. The lowest BCUT2D eigenvalue weighted by atomic mass is 10.1. The van der Waals surface area contributed by atoms with Crippen LogP contribution >= 0.6 is 0 Å². The molecular formula is C21H41N5O3. The van der Waals surface area contributed by atoms with E-state index in [1.165, 1.54) is 0 Å². The minimum Gasteiger partial charge on any atom is -0.381 e. The third-order valence-electron chi connectivity index (χ3n) is 5.31. The van der Waals surface area contributed by atoms with Crippen molar-refractivity contribution in [3.8, 4) is 0 Å². The Morgan fingerprint density at radius 3 is 2.72 bits per heavy atom. The summed E-state index contributed by atoms with van der Waals surface area (Å²) in [7, 11) is 0. The largest absolute Gasteiger partial charge is 0.381 e. The lowest BCUT2D eigenvalue weighted by Crippen LogP contribution is -2.50. The molecule has 1 amide bonds. The molecule has 0 aromatic rings. The van der Waals surface area contributed by atoms with Gasteiger partial charge in [-0.15, -0.1) is 0 Å². The van der Waals surface area contributed by atoms with Crippen molar-refractivity contribution in [1.82, 2.24) is 20.9 Å². The van der Waals surface area contributed by atoms with Gasteiger partial charge in [0, 0.05) is 57.9 Å². The Bertz CT molecular complexity index is 475. The number of nitrogens with zero attached hydrogens (tertiary/aromatic N) is 2. The van der Waals surface area contributed by atoms with Crippen LogP contribution in [0, 0.1) is 5.92 Å². The molecule has 0 spiro atoms. The Balaban J connectivity index is 1.59. The number of rotatable bonds is 12. The summed E-state index contributed by atoms with van der Waals surface area (Å²) >= 11 is 0. The zero-order valence-electron chi connectivity index (χ0n) is 18.4. The molecule has 0 aromatic heterocycles. The first-order valence-electron chi connectivity index (χ1n) is 11.4. The second-order valence-corrected chi connectivity index (χ2v) is 7.96. The van der Waals surface area contributed by atoms with Gasteiger partial charge < -0.3 is 25.4 Å². The molecule has 1 atom stereocenters. The predicted octanol–water partition coefficient (Wildman–Crippen LogP) is 0.975. The van der Waals surface area contributed by atoms with E-state index in [9.17, 15) is 4.79 Å². The molecule has 2 rings (SSSR count). The van der Waals surface area contributed by atoms with Crippen molar-refractivity contribution in [3.63, 3.8) is 0 Å². The van der Waals surface area contributed by atoms with Gasteiger partial charge in [-0.3, -0.25) is 14.7 Å². The second-order valence-electron chi connectivity index (χ2n) is 7.96. The number of ether oxygens (including phenoxy) is 2. The summed E-state index contributed by atoms with van der Waals surface area (Å²) in [5.74, 6) is 1.59. The Morgan fingerprint density at radius 2 is 2.03 bits per heavy atom. The monoisotopic (exact) mass is 411 g/mol. The summed E-state index contributed by atoms with van der Waals surface area (Å²) in [6.45, 7) is 12.2. The molecule has 168 valence electrons. The molecule has 0 radical (unpaired) electrons. The number of hydrogen-bond acceptors (Lipinski definition) is 5. The molecule has 0 bridgehead atoms. The maximum absolute atomic E-state index is 11.9. The van der Waals surface area contributed by atoms with E-state index in [0.29, 0.717) is 18.5 Å². The molecule has 2 fully saturated rings. The number of carbonyl (C=O) groups excluding carboxylic acids is 1. The third-order valence-corrected chi connectivity index (χ3v) is 5.31. The lowest BCUT2D eigenvalue weighted by Gasteiger charge is -2.32. The molecule has 2 saturated heterocycles. The fourth-order valence-electron chi connectivity index (χ4n) is 3.59. The summed E-state index contributed by atoms with van der Waals surface area (Å²) in [4.78, 5) is 18.8. The van der Waals surface area contributed by atoms with Crippen LogP contribution in [0.25, 0.3) is 0 Å². The van der Waals surface area contributed by atoms with Gasteiger partial charge in [0.15, 0.2) is 5.96 Å². The summed E-state index contributed by atoms with van der Waals surface area (Å²) < 4.78 is 11.1. The zero-order chi connectivity index (χ0) is 20.7. The summed E-state index contributed by atoms with van der Waals surface area (Å²) in [5.41, 5.74) is 0. The molecule has 2 heterocycles. The van der Waals surface area contributed by atoms with Crippen molar-refractivity contribution in [3.05, 3.63) is 0 Å². The number of aliphatic imine (C=N–C) groups is 1. The Labute approximate surface area is 176 Å². The van der Waals surface area contributed by atoms with Crippen LogP contribution in [0.3, 0.4) is 0 Å². The van der Waals surface area contributed by atoms with Gasteiger partial charge in [0.25, 0.3) is 0 Å². The van der Waals surface area contributed by atoms with E-state index in [1.807, 2.05) is 0 Å². The van der Waals surface area contributed by atoms with Gasteiger partial charge in [-0.2, -0.15) is 0 Å². The first kappa shape index (κ1) is 23.9. The van der Waals surface area contributed by atoms with Gasteiger partial charge >= 0.3 is 0 Å². The maximum Gasteiger partial charge on any atom is 0.234 e. The minimum absolute atomic E-state index is 0.135. The van der Waals surface area contributed by atoms with Crippen molar-refractivity contribution >= 4 is 11.9 Å². The van der Waals surface area contributed by atoms with Crippen LogP contribution in [-0.2, 0) is 14.3 Å². The average molecular weight is 412 g/mol. The van der Waals surface area contributed by atoms with Crippen molar-refractivity contribution < 1.29 is 14.3 Å². The van der Waals surface area contributed by atoms with E-state index in [0.717, 1.165) is 97.2 Å². The number of carbonyl (C=O) groups is 1. The standard InChI is InChI=1S/C21H41N5O3/c1-3-9-23-20(27)15-26-11-6-19(7-12-26)25-21(22-4-2)24-10-5-13-28-16-18-8-14-29-17-18/h18-19H,3-17H2,1-2H3,(H,23,27)(H2,22,24,25). The van der Waals surface area contributed by atoms with Gasteiger partial charge in [0.05, 0.1) is 19.8 Å². The second kappa shape index (κ2) is 14.6. The van der Waals surface area contributed by atoms with E-state index in [4.69, 9.17) is 14.5 Å². The van der Waals surface area contributed by atoms with Crippen molar-refractivity contribution in [2.75, 3.05) is 65.7 Å². The van der Waals surface area contributed by atoms with E-state index in [1.54, 1.807) is 0 Å². The van der Waals surface area contributed by atoms with E-state index < -0.39 is 0 Å². The van der Waals surface area contributed by atoms with E-state index >= 15 is 0 Å². The number of piperidine rings is 1. The third kappa shape index (κ3) is 10.3. The highest BCUT2D eigenvalue weighted by molar-refractivity contribution is 5.80. The molecule has 3 N–H and O–H groups in total. The smallest absolute Gasteiger partial charge is 0.234 e. The molecule has 2 aliphatic heterocycles. The summed E-state index contributed by atoms with van der Waals surface area (Å²) in [6.07, 6.45) is 5.08. The molecule has 0 saturated carbocycles. The van der Waals surface area contributed by atoms with Gasteiger partial charge in [0.1, 0.15) is 0 Å². The Morgan fingerprint density at radius 1 is 1.21 bits per heavy atom. The van der Waals surface area contributed by atoms with Crippen LogP contribution in [0.1, 0.15) is 46.0 Å². The van der Waals surface area contributed by atoms with Crippen LogP contribution in [-0.4, -0.2) is 88.5 Å². The van der Waals surface area contributed by atoms with Gasteiger partial charge in [-0.1, -0.05) is 6.92 Å². The maximum atomic E-state index is 11.9. The van der Waals surface area contributed by atoms with E-state index in [-0.39, 0.29) is 5.91 Å². The predicted molar refractivity (Wildman–Crippen MR) is 116 cm³/mol. The highest BCUT2D eigenvalue weighted by Crippen LogP contribution is 2.12. The minimum atomic E-state index is 0.135. The molecular weight excluding hydrogens is 370 g/mol. The molecule has 0 aromatic carbocycles. The topological polar surface area (TPSA) is 87.2 Å². The summed E-state index contributed by atoms with van der Waals surface area (Å²) in [6, 6.07) is 0.404. The van der Waals surface area contributed by atoms with Gasteiger partial charge in [-0.05, 0) is 39.0 Å². The van der Waals surface area contributed by atoms with Crippen molar-refractivity contribution in [1.29, 1.82) is 0 Å². The lowest BCUT2D eigenvalue weighted by molar-refractivity contribution is -0.122.